The summed E-state index contributed by atoms with van der Waals surface area (Å²) in [6, 6.07) is 7.61. The Labute approximate surface area is 117 Å². The lowest BCUT2D eigenvalue weighted by Gasteiger charge is -2.18. The Morgan fingerprint density at radius 1 is 1.28 bits per heavy atom. The summed E-state index contributed by atoms with van der Waals surface area (Å²) in [6.07, 6.45) is 2.68. The smallest absolute Gasteiger partial charge is 0.0643 e. The van der Waals surface area contributed by atoms with Crippen molar-refractivity contribution in [1.29, 1.82) is 0 Å². The summed E-state index contributed by atoms with van der Waals surface area (Å²) in [5.74, 6) is 0. The van der Waals surface area contributed by atoms with E-state index in [0.717, 1.165) is 17.7 Å². The molecule has 0 saturated carbocycles. The largest absolute Gasteiger partial charge is 0.313 e. The maximum absolute atomic E-state index is 6.22. The van der Waals surface area contributed by atoms with Crippen molar-refractivity contribution in [2.75, 3.05) is 7.05 Å². The van der Waals surface area contributed by atoms with Gasteiger partial charge in [0.15, 0.2) is 0 Å². The van der Waals surface area contributed by atoms with Gasteiger partial charge in [0.1, 0.15) is 0 Å². The van der Waals surface area contributed by atoms with Gasteiger partial charge in [-0.2, -0.15) is 5.10 Å². The van der Waals surface area contributed by atoms with E-state index in [-0.39, 0.29) is 6.04 Å². The zero-order chi connectivity index (χ0) is 13.1. The maximum Gasteiger partial charge on any atom is 0.0643 e. The van der Waals surface area contributed by atoms with Gasteiger partial charge in [0.25, 0.3) is 0 Å². The average Bonchev–Trinajstić information content (AvgIpc) is 2.73. The van der Waals surface area contributed by atoms with Gasteiger partial charge in [0.2, 0.25) is 0 Å². The average molecular weight is 284 g/mol. The Hall–Kier alpha value is -1.03. The van der Waals surface area contributed by atoms with Crippen molar-refractivity contribution in [2.24, 2.45) is 7.05 Å². The van der Waals surface area contributed by atoms with Crippen LogP contribution in [-0.2, 0) is 13.5 Å². The van der Waals surface area contributed by atoms with Crippen LogP contribution in [0.4, 0.5) is 0 Å². The molecule has 1 atom stereocenters. The summed E-state index contributed by atoms with van der Waals surface area (Å²) in [5, 5.41) is 8.97. The van der Waals surface area contributed by atoms with Gasteiger partial charge < -0.3 is 5.32 Å². The molecule has 0 fully saturated rings. The molecule has 1 aromatic carbocycles. The molecule has 1 aromatic heterocycles. The Morgan fingerprint density at radius 3 is 2.44 bits per heavy atom. The third-order valence-electron chi connectivity index (χ3n) is 2.88. The number of benzene rings is 1. The lowest BCUT2D eigenvalue weighted by molar-refractivity contribution is 0.577. The number of hydrogen-bond donors (Lipinski definition) is 1. The minimum atomic E-state index is 0.0566. The maximum atomic E-state index is 6.22. The standard InChI is InChI=1S/C13H15Cl2N3/c1-16-12(8-9-6-7-18(2)17-9)13-10(14)4-3-5-11(13)15/h3-7,12,16H,8H2,1-2H3. The number of hydrogen-bond acceptors (Lipinski definition) is 2. The van der Waals surface area contributed by atoms with E-state index in [4.69, 9.17) is 23.2 Å². The summed E-state index contributed by atoms with van der Waals surface area (Å²) < 4.78 is 1.79. The predicted molar refractivity (Wildman–Crippen MR) is 75.2 cm³/mol. The highest BCUT2D eigenvalue weighted by Gasteiger charge is 2.17. The molecule has 0 amide bonds. The summed E-state index contributed by atoms with van der Waals surface area (Å²) in [7, 11) is 3.80. The summed E-state index contributed by atoms with van der Waals surface area (Å²) in [4.78, 5) is 0. The van der Waals surface area contributed by atoms with Crippen molar-refractivity contribution in [3.05, 3.63) is 51.8 Å². The number of aromatic nitrogens is 2. The summed E-state index contributed by atoms with van der Waals surface area (Å²) in [5.41, 5.74) is 1.93. The van der Waals surface area contributed by atoms with Crippen LogP contribution in [0.25, 0.3) is 0 Å². The van der Waals surface area contributed by atoms with Gasteiger partial charge in [0.05, 0.1) is 5.69 Å². The summed E-state index contributed by atoms with van der Waals surface area (Å²) >= 11 is 12.4. The van der Waals surface area contributed by atoms with Gasteiger partial charge in [-0.05, 0) is 25.2 Å². The van der Waals surface area contributed by atoms with Crippen LogP contribution in [0, 0.1) is 0 Å². The van der Waals surface area contributed by atoms with E-state index >= 15 is 0 Å². The molecule has 5 heteroatoms. The van der Waals surface area contributed by atoms with E-state index in [1.165, 1.54) is 0 Å². The van der Waals surface area contributed by atoms with Crippen LogP contribution in [0.5, 0.6) is 0 Å². The normalized spacial score (nSPS) is 12.7. The van der Waals surface area contributed by atoms with Gasteiger partial charge in [-0.25, -0.2) is 0 Å². The quantitative estimate of drug-likeness (QED) is 0.934. The molecule has 18 heavy (non-hydrogen) atoms. The minimum absolute atomic E-state index is 0.0566. The van der Waals surface area contributed by atoms with Crippen LogP contribution in [0.3, 0.4) is 0 Å². The molecular weight excluding hydrogens is 269 g/mol. The fourth-order valence-corrected chi connectivity index (χ4v) is 2.63. The number of rotatable bonds is 4. The highest BCUT2D eigenvalue weighted by atomic mass is 35.5. The Morgan fingerprint density at radius 2 is 1.94 bits per heavy atom. The van der Waals surface area contributed by atoms with Gasteiger partial charge in [0, 0.05) is 41.3 Å². The van der Waals surface area contributed by atoms with Crippen LogP contribution in [0.1, 0.15) is 17.3 Å². The molecule has 2 rings (SSSR count). The number of likely N-dealkylation sites (N-methyl/N-ethyl adjacent to an activating group) is 1. The van der Waals surface area contributed by atoms with Crippen molar-refractivity contribution in [1.82, 2.24) is 15.1 Å². The first-order chi connectivity index (χ1) is 8.61. The molecule has 0 aliphatic rings. The van der Waals surface area contributed by atoms with Crippen molar-refractivity contribution in [3.63, 3.8) is 0 Å². The fourth-order valence-electron chi connectivity index (χ4n) is 1.97. The van der Waals surface area contributed by atoms with E-state index < -0.39 is 0 Å². The molecule has 0 spiro atoms. The van der Waals surface area contributed by atoms with Crippen LogP contribution >= 0.6 is 23.2 Å². The van der Waals surface area contributed by atoms with Gasteiger partial charge in [-0.3, -0.25) is 4.68 Å². The van der Waals surface area contributed by atoms with Gasteiger partial charge in [-0.15, -0.1) is 0 Å². The number of halogens is 2. The van der Waals surface area contributed by atoms with E-state index in [9.17, 15) is 0 Å². The molecule has 1 unspecified atom stereocenters. The molecule has 0 bridgehead atoms. The monoisotopic (exact) mass is 283 g/mol. The number of nitrogens with one attached hydrogen (secondary N) is 1. The van der Waals surface area contributed by atoms with Crippen LogP contribution in [0.15, 0.2) is 30.5 Å². The third-order valence-corrected chi connectivity index (χ3v) is 3.54. The van der Waals surface area contributed by atoms with Gasteiger partial charge in [-0.1, -0.05) is 29.3 Å². The van der Waals surface area contributed by atoms with Crippen LogP contribution < -0.4 is 5.32 Å². The first-order valence-electron chi connectivity index (χ1n) is 5.71. The van der Waals surface area contributed by atoms with E-state index in [1.807, 2.05) is 44.6 Å². The number of aryl methyl sites for hydroxylation is 1. The fraction of sp³-hybridized carbons (Fsp3) is 0.308. The van der Waals surface area contributed by atoms with E-state index in [2.05, 4.69) is 10.4 Å². The van der Waals surface area contributed by atoms with Crippen molar-refractivity contribution in [2.45, 2.75) is 12.5 Å². The Kier molecular flexibility index (Phi) is 4.27. The van der Waals surface area contributed by atoms with E-state index in [1.54, 1.807) is 4.68 Å². The minimum Gasteiger partial charge on any atom is -0.313 e. The predicted octanol–water partition coefficient (Wildman–Crippen LogP) is 3.23. The second-order valence-corrected chi connectivity index (χ2v) is 4.98. The SMILES string of the molecule is CNC(Cc1ccn(C)n1)c1c(Cl)cccc1Cl. The van der Waals surface area contributed by atoms with Crippen LogP contribution in [0.2, 0.25) is 10.0 Å². The van der Waals surface area contributed by atoms with Crippen molar-refractivity contribution in [3.8, 4) is 0 Å². The molecule has 1 heterocycles. The zero-order valence-electron chi connectivity index (χ0n) is 10.3. The van der Waals surface area contributed by atoms with Crippen molar-refractivity contribution >= 4 is 23.2 Å². The third kappa shape index (κ3) is 2.86. The second kappa shape index (κ2) is 5.74. The Balaban J connectivity index is 2.28. The molecule has 1 N–H and O–H groups in total. The highest BCUT2D eigenvalue weighted by molar-refractivity contribution is 6.36. The lowest BCUT2D eigenvalue weighted by Crippen LogP contribution is -2.20. The number of nitrogens with zero attached hydrogens (tertiary/aromatic N) is 2. The molecule has 96 valence electrons. The first-order valence-corrected chi connectivity index (χ1v) is 6.47. The van der Waals surface area contributed by atoms with Crippen LogP contribution in [-0.4, -0.2) is 16.8 Å². The Bertz CT molecular complexity index is 517. The topological polar surface area (TPSA) is 29.9 Å². The molecular formula is C13H15Cl2N3. The first kappa shape index (κ1) is 13.4. The highest BCUT2D eigenvalue weighted by Crippen LogP contribution is 2.31. The lowest BCUT2D eigenvalue weighted by atomic mass is 10.0. The molecule has 3 nitrogen and oxygen atoms in total. The molecule has 0 radical (unpaired) electrons. The zero-order valence-corrected chi connectivity index (χ0v) is 11.8. The summed E-state index contributed by atoms with van der Waals surface area (Å²) in [6.45, 7) is 0. The molecule has 2 aromatic rings. The molecule has 0 aliphatic carbocycles. The second-order valence-electron chi connectivity index (χ2n) is 4.16. The molecule has 0 saturated heterocycles. The van der Waals surface area contributed by atoms with Gasteiger partial charge >= 0.3 is 0 Å². The molecule has 0 aliphatic heterocycles. The van der Waals surface area contributed by atoms with Crippen molar-refractivity contribution < 1.29 is 0 Å². The van der Waals surface area contributed by atoms with E-state index in [0.29, 0.717) is 10.0 Å².